The Labute approximate surface area is 111 Å². The molecule has 2 bridgehead atoms. The number of carbonyl (C=O) groups excluding carboxylic acids is 1. The van der Waals surface area contributed by atoms with E-state index >= 15 is 0 Å². The first-order valence-electron chi connectivity index (χ1n) is 7.02. The van der Waals surface area contributed by atoms with Crippen molar-refractivity contribution in [3.05, 3.63) is 0 Å². The van der Waals surface area contributed by atoms with E-state index in [1.165, 1.54) is 19.3 Å². The van der Waals surface area contributed by atoms with Crippen molar-refractivity contribution in [3.63, 3.8) is 0 Å². The fraction of sp³-hybridized carbons (Fsp3) is 0.846. The highest BCUT2D eigenvalue weighted by atomic mass is 16.4. The molecule has 4 unspecified atom stereocenters. The number of hydrogen-bond donors (Lipinski definition) is 4. The Morgan fingerprint density at radius 3 is 2.37 bits per heavy atom. The van der Waals surface area contributed by atoms with Crippen LogP contribution in [0.5, 0.6) is 0 Å². The lowest BCUT2D eigenvalue weighted by atomic mass is 10.0. The third kappa shape index (κ3) is 2.18. The maximum absolute atomic E-state index is 11.8. The minimum absolute atomic E-state index is 0.0333. The molecular formula is C13H20N2O4. The number of fused-ring (bicyclic) bond motifs is 5. The fourth-order valence-electron chi connectivity index (χ4n) is 4.26. The molecule has 3 aliphatic rings. The monoisotopic (exact) mass is 268 g/mol. The molecule has 0 aromatic carbocycles. The van der Waals surface area contributed by atoms with Crippen molar-refractivity contribution in [2.45, 2.75) is 37.8 Å². The third-order valence-electron chi connectivity index (χ3n) is 5.05. The van der Waals surface area contributed by atoms with Gasteiger partial charge < -0.3 is 20.8 Å². The fourth-order valence-corrected chi connectivity index (χ4v) is 4.26. The molecule has 0 spiro atoms. The molecule has 6 heteroatoms. The van der Waals surface area contributed by atoms with Crippen molar-refractivity contribution < 1.29 is 19.8 Å². The number of aliphatic hydroxyl groups is 1. The first-order valence-corrected chi connectivity index (χ1v) is 7.02. The van der Waals surface area contributed by atoms with Crippen molar-refractivity contribution in [2.75, 3.05) is 6.61 Å². The Balaban J connectivity index is 1.49. The van der Waals surface area contributed by atoms with E-state index in [0.29, 0.717) is 11.8 Å². The van der Waals surface area contributed by atoms with Gasteiger partial charge in [0.05, 0.1) is 0 Å². The molecule has 3 aliphatic carbocycles. The summed E-state index contributed by atoms with van der Waals surface area (Å²) < 4.78 is 0. The number of nitrogens with one attached hydrogen (secondary N) is 2. The summed E-state index contributed by atoms with van der Waals surface area (Å²) in [6.45, 7) is -0.254. The molecule has 19 heavy (non-hydrogen) atoms. The molecule has 0 saturated heterocycles. The van der Waals surface area contributed by atoms with Gasteiger partial charge in [0.15, 0.2) is 0 Å². The Morgan fingerprint density at radius 1 is 1.21 bits per heavy atom. The second-order valence-corrected chi connectivity index (χ2v) is 6.03. The van der Waals surface area contributed by atoms with Gasteiger partial charge >= 0.3 is 12.0 Å². The van der Waals surface area contributed by atoms with Gasteiger partial charge in [-0.25, -0.2) is 9.59 Å². The van der Waals surface area contributed by atoms with Gasteiger partial charge in [-0.3, -0.25) is 0 Å². The van der Waals surface area contributed by atoms with Gasteiger partial charge in [0.25, 0.3) is 0 Å². The van der Waals surface area contributed by atoms with Gasteiger partial charge in [-0.1, -0.05) is 0 Å². The molecular weight excluding hydrogens is 248 g/mol. The minimum Gasteiger partial charge on any atom is -0.480 e. The standard InChI is InChI=1S/C13H20N2O4/c16-4-3-8(12(17)18)14-13(19)15-11-9-6-1-2-7(5-6)10(9)11/h6-11,16H,1-5H2,(H,17,18)(H2,14,15,19)/t6?,7?,8-,9?,10?,11?/m1/s1. The van der Waals surface area contributed by atoms with E-state index in [9.17, 15) is 9.59 Å². The van der Waals surface area contributed by atoms with E-state index in [1.807, 2.05) is 0 Å². The number of hydrogen-bond acceptors (Lipinski definition) is 3. The van der Waals surface area contributed by atoms with Crippen molar-refractivity contribution in [1.29, 1.82) is 0 Å². The van der Waals surface area contributed by atoms with E-state index in [4.69, 9.17) is 10.2 Å². The number of aliphatic hydroxyl groups excluding tert-OH is 1. The number of aliphatic carboxylic acids is 1. The van der Waals surface area contributed by atoms with Crippen molar-refractivity contribution in [1.82, 2.24) is 10.6 Å². The Hall–Kier alpha value is -1.30. The highest BCUT2D eigenvalue weighted by Crippen LogP contribution is 2.65. The zero-order chi connectivity index (χ0) is 13.6. The number of carboxylic acid groups (broad SMARTS) is 1. The van der Waals surface area contributed by atoms with E-state index in [0.717, 1.165) is 11.8 Å². The Morgan fingerprint density at radius 2 is 1.84 bits per heavy atom. The van der Waals surface area contributed by atoms with Crippen LogP contribution in [0.3, 0.4) is 0 Å². The van der Waals surface area contributed by atoms with Crippen LogP contribution >= 0.6 is 0 Å². The average Bonchev–Trinajstić information content (AvgIpc) is 2.76. The first-order chi connectivity index (χ1) is 9.11. The summed E-state index contributed by atoms with van der Waals surface area (Å²) in [6, 6.07) is -1.19. The van der Waals surface area contributed by atoms with Gasteiger partial charge in [-0.2, -0.15) is 0 Å². The van der Waals surface area contributed by atoms with Gasteiger partial charge in [-0.05, 0) is 42.9 Å². The molecule has 0 aliphatic heterocycles. The summed E-state index contributed by atoms with van der Waals surface area (Å²) in [5.74, 6) is 1.69. The molecule has 0 aromatic rings. The van der Waals surface area contributed by atoms with E-state index < -0.39 is 18.0 Å². The van der Waals surface area contributed by atoms with Gasteiger partial charge in [0.1, 0.15) is 6.04 Å². The largest absolute Gasteiger partial charge is 0.480 e. The van der Waals surface area contributed by atoms with Crippen LogP contribution in [0, 0.1) is 23.7 Å². The number of carboxylic acids is 1. The quantitative estimate of drug-likeness (QED) is 0.571. The second-order valence-electron chi connectivity index (χ2n) is 6.03. The highest BCUT2D eigenvalue weighted by Gasteiger charge is 2.65. The average molecular weight is 268 g/mol. The molecule has 3 saturated carbocycles. The maximum atomic E-state index is 11.8. The van der Waals surface area contributed by atoms with Crippen molar-refractivity contribution in [3.8, 4) is 0 Å². The Bertz CT molecular complexity index is 384. The Kier molecular flexibility index (Phi) is 3.12. The molecule has 3 rings (SSSR count). The molecule has 6 nitrogen and oxygen atoms in total. The molecule has 0 aromatic heterocycles. The molecule has 3 fully saturated rings. The predicted molar refractivity (Wildman–Crippen MR) is 66.4 cm³/mol. The van der Waals surface area contributed by atoms with E-state index in [-0.39, 0.29) is 19.1 Å². The van der Waals surface area contributed by atoms with E-state index in [1.54, 1.807) is 0 Å². The zero-order valence-electron chi connectivity index (χ0n) is 10.7. The predicted octanol–water partition coefficient (Wildman–Crippen LogP) is 0.166. The van der Waals surface area contributed by atoms with Crippen LogP contribution in [0.2, 0.25) is 0 Å². The summed E-state index contributed by atoms with van der Waals surface area (Å²) in [7, 11) is 0. The van der Waals surface area contributed by atoms with Crippen LogP contribution in [0.25, 0.3) is 0 Å². The summed E-state index contributed by atoms with van der Waals surface area (Å²) >= 11 is 0. The van der Waals surface area contributed by atoms with Gasteiger partial charge in [0.2, 0.25) is 0 Å². The summed E-state index contributed by atoms with van der Waals surface area (Å²) in [5.41, 5.74) is 0. The van der Waals surface area contributed by atoms with E-state index in [2.05, 4.69) is 10.6 Å². The van der Waals surface area contributed by atoms with Crippen molar-refractivity contribution in [2.24, 2.45) is 23.7 Å². The lowest BCUT2D eigenvalue weighted by molar-refractivity contribution is -0.139. The van der Waals surface area contributed by atoms with Gasteiger partial charge in [0, 0.05) is 19.1 Å². The number of amides is 2. The molecule has 0 heterocycles. The SMILES string of the molecule is O=C(NC1C2C3CCC(C3)C12)N[C@H](CCO)C(=O)O. The normalized spacial score (nSPS) is 39.5. The lowest BCUT2D eigenvalue weighted by Crippen LogP contribution is -2.47. The molecule has 5 atom stereocenters. The zero-order valence-corrected chi connectivity index (χ0v) is 10.7. The third-order valence-corrected chi connectivity index (χ3v) is 5.05. The number of urea groups is 1. The summed E-state index contributed by atoms with van der Waals surface area (Å²) in [5, 5.41) is 23.0. The lowest BCUT2D eigenvalue weighted by Gasteiger charge is -2.15. The molecule has 2 amide bonds. The van der Waals surface area contributed by atoms with Crippen molar-refractivity contribution >= 4 is 12.0 Å². The van der Waals surface area contributed by atoms with Crippen LogP contribution in [0.4, 0.5) is 4.79 Å². The number of rotatable bonds is 5. The topological polar surface area (TPSA) is 98.7 Å². The first kappa shape index (κ1) is 12.7. The van der Waals surface area contributed by atoms with Crippen LogP contribution in [0.1, 0.15) is 25.7 Å². The van der Waals surface area contributed by atoms with Crippen LogP contribution < -0.4 is 10.6 Å². The minimum atomic E-state index is -1.11. The van der Waals surface area contributed by atoms with Crippen LogP contribution in [-0.2, 0) is 4.79 Å². The van der Waals surface area contributed by atoms with Crippen LogP contribution in [-0.4, -0.2) is 40.9 Å². The molecule has 4 N–H and O–H groups in total. The van der Waals surface area contributed by atoms with Crippen LogP contribution in [0.15, 0.2) is 0 Å². The molecule has 106 valence electrons. The number of carbonyl (C=O) groups is 2. The summed E-state index contributed by atoms with van der Waals surface area (Å²) in [4.78, 5) is 22.7. The summed E-state index contributed by atoms with van der Waals surface area (Å²) in [6.07, 6.45) is 3.92. The maximum Gasteiger partial charge on any atom is 0.326 e. The highest BCUT2D eigenvalue weighted by molar-refractivity contribution is 5.82. The second kappa shape index (κ2) is 4.67. The smallest absolute Gasteiger partial charge is 0.326 e. The van der Waals surface area contributed by atoms with Gasteiger partial charge in [-0.15, -0.1) is 0 Å². The molecule has 0 radical (unpaired) electrons.